The van der Waals surface area contributed by atoms with E-state index in [-0.39, 0.29) is 11.8 Å². The quantitative estimate of drug-likeness (QED) is 0.611. The van der Waals surface area contributed by atoms with E-state index >= 15 is 0 Å². The van der Waals surface area contributed by atoms with Crippen molar-refractivity contribution in [3.63, 3.8) is 0 Å². The molecule has 5 aliphatic heterocycles. The zero-order valence-corrected chi connectivity index (χ0v) is 20.3. The Morgan fingerprint density at radius 1 is 1.26 bits per heavy atom. The predicted molar refractivity (Wildman–Crippen MR) is 128 cm³/mol. The van der Waals surface area contributed by atoms with Crippen LogP contribution in [0, 0.1) is 5.92 Å². The van der Waals surface area contributed by atoms with Crippen LogP contribution in [0.5, 0.6) is 5.75 Å². The molecule has 2 spiro atoms. The SMILES string of the molecule is [2H]C([2H])([2H])OC1c2c(n(O)c3c4c(ccc23)OC(C)(C)C=C4)C(C)(C)C2C[C@]34CCCN3C(=O)[C@]12NC4=O. The summed E-state index contributed by atoms with van der Waals surface area (Å²) in [4.78, 5) is 29.6. The third-order valence-electron chi connectivity index (χ3n) is 9.37. The second-order valence-electron chi connectivity index (χ2n) is 11.9. The van der Waals surface area contributed by atoms with E-state index in [0.717, 1.165) is 4.73 Å². The normalized spacial score (nSPS) is 36.9. The Morgan fingerprint density at radius 3 is 2.83 bits per heavy atom. The van der Waals surface area contributed by atoms with Crippen LogP contribution in [0.15, 0.2) is 18.2 Å². The first kappa shape index (κ1) is 18.3. The van der Waals surface area contributed by atoms with Gasteiger partial charge in [-0.1, -0.05) is 13.8 Å². The van der Waals surface area contributed by atoms with Gasteiger partial charge in [-0.2, -0.15) is 4.73 Å². The molecule has 8 rings (SSSR count). The standard InChI is InChI=1S/C27H31N3O5/c1-24(2)11-9-14-16(35-24)8-7-15-18-20(30(33)19(14)15)25(3,4)17-13-26-10-6-12-29(26)23(32)27(17,21(18)34-5)28-22(26)31/h7-9,11,17,21,33H,6,10,12-13H2,1-5H3,(H,28,31)/t17?,21?,26-,27+/m0/s1/i5D3. The number of rotatable bonds is 1. The molecule has 8 nitrogen and oxygen atoms in total. The molecule has 1 aromatic carbocycles. The number of carbonyl (C=O) groups is 2. The molecule has 184 valence electrons. The summed E-state index contributed by atoms with van der Waals surface area (Å²) in [5.74, 6) is -0.485. The molecule has 6 heterocycles. The van der Waals surface area contributed by atoms with Crippen molar-refractivity contribution in [2.45, 2.75) is 75.2 Å². The molecule has 2 amide bonds. The van der Waals surface area contributed by atoms with E-state index in [1.165, 1.54) is 0 Å². The van der Waals surface area contributed by atoms with E-state index in [2.05, 4.69) is 5.32 Å². The van der Waals surface area contributed by atoms with Crippen LogP contribution in [0.4, 0.5) is 0 Å². The Bertz CT molecular complexity index is 1490. The first-order valence-corrected chi connectivity index (χ1v) is 12.3. The summed E-state index contributed by atoms with van der Waals surface area (Å²) >= 11 is 0. The molecule has 0 saturated carbocycles. The Hall–Kier alpha value is -3.00. The predicted octanol–water partition coefficient (Wildman–Crippen LogP) is 3.29. The maximum atomic E-state index is 14.4. The van der Waals surface area contributed by atoms with Crippen LogP contribution in [0.1, 0.15) is 74.0 Å². The summed E-state index contributed by atoms with van der Waals surface area (Å²) in [5, 5.41) is 15.4. The van der Waals surface area contributed by atoms with Crippen LogP contribution in [0.3, 0.4) is 0 Å². The highest BCUT2D eigenvalue weighted by Gasteiger charge is 2.76. The van der Waals surface area contributed by atoms with Crippen molar-refractivity contribution in [1.82, 2.24) is 14.9 Å². The number of piperazine rings is 1. The summed E-state index contributed by atoms with van der Waals surface area (Å²) in [6, 6.07) is 3.57. The molecule has 6 aliphatic rings. The summed E-state index contributed by atoms with van der Waals surface area (Å²) in [7, 11) is -2.87. The zero-order valence-electron chi connectivity index (χ0n) is 23.3. The van der Waals surface area contributed by atoms with Gasteiger partial charge in [-0.25, -0.2) is 0 Å². The fraction of sp³-hybridized carbons (Fsp3) is 0.556. The summed E-state index contributed by atoms with van der Waals surface area (Å²) in [6.45, 7) is 8.22. The molecular weight excluding hydrogens is 446 g/mol. The van der Waals surface area contributed by atoms with Crippen molar-refractivity contribution in [2.75, 3.05) is 13.6 Å². The monoisotopic (exact) mass is 480 g/mol. The third-order valence-corrected chi connectivity index (χ3v) is 9.37. The van der Waals surface area contributed by atoms with Crippen molar-refractivity contribution in [3.05, 3.63) is 35.0 Å². The number of methoxy groups -OCH3 is 1. The van der Waals surface area contributed by atoms with E-state index in [0.29, 0.717) is 59.3 Å². The van der Waals surface area contributed by atoms with Gasteiger partial charge in [0.1, 0.15) is 23.0 Å². The van der Waals surface area contributed by atoms with Crippen molar-refractivity contribution < 1.29 is 28.4 Å². The van der Waals surface area contributed by atoms with Gasteiger partial charge < -0.3 is 24.9 Å². The summed E-state index contributed by atoms with van der Waals surface area (Å²) in [6.07, 6.45) is 4.08. The number of hydrogen-bond donors (Lipinski definition) is 2. The van der Waals surface area contributed by atoms with Gasteiger partial charge in [0, 0.05) is 41.4 Å². The maximum absolute atomic E-state index is 14.4. The van der Waals surface area contributed by atoms with Crippen LogP contribution in [-0.4, -0.2) is 56.9 Å². The number of amides is 2. The minimum Gasteiger partial charge on any atom is -0.483 e. The number of ether oxygens (including phenoxy) is 2. The topological polar surface area (TPSA) is 93.0 Å². The fourth-order valence-corrected chi connectivity index (χ4v) is 7.89. The lowest BCUT2D eigenvalue weighted by Crippen LogP contribution is -2.85. The highest BCUT2D eigenvalue weighted by atomic mass is 16.5. The first-order chi connectivity index (χ1) is 17.6. The number of piperidine rings is 2. The molecule has 2 N–H and O–H groups in total. The number of carbonyl (C=O) groups excluding carboxylic acids is 2. The van der Waals surface area contributed by atoms with Crippen molar-refractivity contribution in [2.24, 2.45) is 5.92 Å². The molecule has 2 unspecified atom stereocenters. The molecule has 0 radical (unpaired) electrons. The molecule has 8 heteroatoms. The van der Waals surface area contributed by atoms with E-state index in [1.54, 1.807) is 17.0 Å². The van der Waals surface area contributed by atoms with E-state index < -0.39 is 41.2 Å². The minimum absolute atomic E-state index is 0.257. The van der Waals surface area contributed by atoms with Crippen molar-refractivity contribution in [3.8, 4) is 5.75 Å². The lowest BCUT2D eigenvalue weighted by Gasteiger charge is -2.65. The van der Waals surface area contributed by atoms with Crippen LogP contribution in [0.2, 0.25) is 0 Å². The second kappa shape index (κ2) is 6.03. The van der Waals surface area contributed by atoms with Gasteiger partial charge in [-0.15, -0.1) is 0 Å². The Morgan fingerprint density at radius 2 is 2.06 bits per heavy atom. The zero-order chi connectivity index (χ0) is 27.2. The van der Waals surface area contributed by atoms with E-state index in [1.807, 2.05) is 39.8 Å². The van der Waals surface area contributed by atoms with Crippen LogP contribution >= 0.6 is 0 Å². The minimum atomic E-state index is -2.87. The van der Waals surface area contributed by atoms with Gasteiger partial charge in [-0.05, 0) is 57.4 Å². The molecule has 1 aromatic heterocycles. The third kappa shape index (κ3) is 2.15. The highest BCUT2D eigenvalue weighted by molar-refractivity contribution is 6.07. The highest BCUT2D eigenvalue weighted by Crippen LogP contribution is 2.63. The van der Waals surface area contributed by atoms with Crippen LogP contribution in [0.25, 0.3) is 17.0 Å². The number of aromatic nitrogens is 1. The molecule has 4 atom stereocenters. The number of hydrogen-bond acceptors (Lipinski definition) is 5. The largest absolute Gasteiger partial charge is 0.483 e. The molecular formula is C27H31N3O5. The van der Waals surface area contributed by atoms with Gasteiger partial charge in [-0.3, -0.25) is 9.59 Å². The van der Waals surface area contributed by atoms with Crippen LogP contribution in [-0.2, 0) is 19.7 Å². The number of benzene rings is 1. The van der Waals surface area contributed by atoms with Crippen molar-refractivity contribution >= 4 is 28.8 Å². The van der Waals surface area contributed by atoms with Gasteiger partial charge in [0.05, 0.1) is 15.3 Å². The maximum Gasteiger partial charge on any atom is 0.252 e. The Kier molecular flexibility index (Phi) is 3.15. The smallest absolute Gasteiger partial charge is 0.252 e. The molecule has 35 heavy (non-hydrogen) atoms. The van der Waals surface area contributed by atoms with E-state index in [9.17, 15) is 14.8 Å². The van der Waals surface area contributed by atoms with Crippen LogP contribution < -0.4 is 10.1 Å². The molecule has 2 aromatic rings. The number of nitrogens with zero attached hydrogens (tertiary/aromatic N) is 2. The summed E-state index contributed by atoms with van der Waals surface area (Å²) in [5.41, 5.74) is -1.94. The molecule has 2 bridgehead atoms. The molecule has 1 aliphatic carbocycles. The lowest BCUT2D eigenvalue weighted by atomic mass is 9.50. The Balaban J connectivity index is 1.56. The average Bonchev–Trinajstić information content (AvgIpc) is 3.37. The van der Waals surface area contributed by atoms with Gasteiger partial charge in [0.2, 0.25) is 5.91 Å². The van der Waals surface area contributed by atoms with Gasteiger partial charge in [0.25, 0.3) is 5.91 Å². The molecule has 4 saturated heterocycles. The second-order valence-corrected chi connectivity index (χ2v) is 11.9. The number of fused-ring (bicyclic) bond motifs is 6. The average molecular weight is 481 g/mol. The van der Waals surface area contributed by atoms with Gasteiger partial charge >= 0.3 is 0 Å². The Labute approximate surface area is 208 Å². The van der Waals surface area contributed by atoms with Gasteiger partial charge in [0.15, 0.2) is 5.54 Å². The van der Waals surface area contributed by atoms with E-state index in [4.69, 9.17) is 13.6 Å². The summed E-state index contributed by atoms with van der Waals surface area (Å²) < 4.78 is 37.2. The first-order valence-electron chi connectivity index (χ1n) is 13.8. The number of nitrogens with one attached hydrogen (secondary N) is 1. The molecule has 4 fully saturated rings. The lowest BCUT2D eigenvalue weighted by molar-refractivity contribution is -0.193. The van der Waals surface area contributed by atoms with Crippen molar-refractivity contribution in [1.29, 1.82) is 0 Å². The fourth-order valence-electron chi connectivity index (χ4n) is 7.89.